The zero-order chi connectivity index (χ0) is 20.8. The number of carbonyl (C=O) groups excluding carboxylic acids is 2. The zero-order valence-electron chi connectivity index (χ0n) is 16.1. The number of hydrogen-bond donors (Lipinski definition) is 2. The van der Waals surface area contributed by atoms with Gasteiger partial charge in [0.2, 0.25) is 0 Å². The molecule has 0 spiro atoms. The summed E-state index contributed by atoms with van der Waals surface area (Å²) < 4.78 is 7.18. The molecular formula is C23H20N4O3. The normalized spacial score (nSPS) is 10.5. The van der Waals surface area contributed by atoms with Crippen molar-refractivity contribution in [2.45, 2.75) is 13.1 Å². The smallest absolute Gasteiger partial charge is 0.255 e. The molecule has 4 rings (SSSR count). The number of rotatable bonds is 7. The number of amides is 2. The van der Waals surface area contributed by atoms with Crippen LogP contribution in [0.5, 0.6) is 0 Å². The fourth-order valence-corrected chi connectivity index (χ4v) is 3.01. The van der Waals surface area contributed by atoms with E-state index in [0.717, 1.165) is 5.56 Å². The van der Waals surface area contributed by atoms with Gasteiger partial charge in [0, 0.05) is 24.5 Å². The molecule has 2 amide bonds. The second-order valence-corrected chi connectivity index (χ2v) is 6.69. The van der Waals surface area contributed by atoms with E-state index < -0.39 is 0 Å². The third-order valence-electron chi connectivity index (χ3n) is 4.56. The molecule has 2 aromatic carbocycles. The third-order valence-corrected chi connectivity index (χ3v) is 4.56. The number of furan rings is 1. The molecule has 2 N–H and O–H groups in total. The van der Waals surface area contributed by atoms with Gasteiger partial charge in [0.1, 0.15) is 5.76 Å². The predicted octanol–water partition coefficient (Wildman–Crippen LogP) is 3.71. The van der Waals surface area contributed by atoms with E-state index in [9.17, 15) is 9.59 Å². The number of imidazole rings is 1. The van der Waals surface area contributed by atoms with Crippen molar-refractivity contribution in [3.63, 3.8) is 0 Å². The first-order chi connectivity index (χ1) is 14.7. The summed E-state index contributed by atoms with van der Waals surface area (Å²) in [6, 6.07) is 17.8. The maximum atomic E-state index is 12.7. The fraction of sp³-hybridized carbons (Fsp3) is 0.0870. The topological polar surface area (TPSA) is 89.2 Å². The molecule has 30 heavy (non-hydrogen) atoms. The van der Waals surface area contributed by atoms with Gasteiger partial charge >= 0.3 is 0 Å². The fourth-order valence-electron chi connectivity index (χ4n) is 3.01. The minimum absolute atomic E-state index is 0.270. The van der Waals surface area contributed by atoms with Crippen LogP contribution in [0.3, 0.4) is 0 Å². The minimum atomic E-state index is -0.294. The highest BCUT2D eigenvalue weighted by molar-refractivity contribution is 6.09. The van der Waals surface area contributed by atoms with Crippen LogP contribution in [0.2, 0.25) is 0 Å². The lowest BCUT2D eigenvalue weighted by atomic mass is 10.1. The quantitative estimate of drug-likeness (QED) is 0.495. The van der Waals surface area contributed by atoms with Crippen molar-refractivity contribution in [2.24, 2.45) is 0 Å². The number of aromatic nitrogens is 2. The van der Waals surface area contributed by atoms with Gasteiger partial charge in [-0.05, 0) is 42.0 Å². The zero-order valence-corrected chi connectivity index (χ0v) is 16.1. The number of para-hydroxylation sites is 1. The van der Waals surface area contributed by atoms with Crippen molar-refractivity contribution in [1.29, 1.82) is 0 Å². The highest BCUT2D eigenvalue weighted by atomic mass is 16.3. The number of benzene rings is 2. The number of hydrogen-bond acceptors (Lipinski definition) is 4. The lowest BCUT2D eigenvalue weighted by Crippen LogP contribution is -2.24. The summed E-state index contributed by atoms with van der Waals surface area (Å²) in [4.78, 5) is 29.3. The summed E-state index contributed by atoms with van der Waals surface area (Å²) in [6.07, 6.45) is 6.91. The summed E-state index contributed by atoms with van der Waals surface area (Å²) in [5.74, 6) is 0.0779. The van der Waals surface area contributed by atoms with E-state index in [-0.39, 0.29) is 18.4 Å². The SMILES string of the molecule is O=C(Nc1ccccc1C(=O)NCc1ccco1)c1ccc(Cn2ccnc2)cc1. The summed E-state index contributed by atoms with van der Waals surface area (Å²) >= 11 is 0. The van der Waals surface area contributed by atoms with Gasteiger partial charge in [0.15, 0.2) is 0 Å². The highest BCUT2D eigenvalue weighted by Crippen LogP contribution is 2.17. The van der Waals surface area contributed by atoms with E-state index in [4.69, 9.17) is 4.42 Å². The molecule has 2 heterocycles. The molecule has 4 aromatic rings. The van der Waals surface area contributed by atoms with Crippen LogP contribution in [0.25, 0.3) is 0 Å². The Hall–Kier alpha value is -4.13. The standard InChI is InChI=1S/C23H20N4O3/c28-22(18-9-7-17(8-10-18)15-27-12-11-24-16-27)26-21-6-2-1-5-20(21)23(29)25-14-19-4-3-13-30-19/h1-13,16H,14-15H2,(H,25,29)(H,26,28). The molecule has 0 unspecified atom stereocenters. The molecule has 2 aromatic heterocycles. The van der Waals surface area contributed by atoms with Crippen LogP contribution in [0, 0.1) is 0 Å². The first-order valence-electron chi connectivity index (χ1n) is 9.45. The Labute approximate surface area is 173 Å². The van der Waals surface area contributed by atoms with Gasteiger partial charge in [-0.2, -0.15) is 0 Å². The van der Waals surface area contributed by atoms with Crippen molar-refractivity contribution < 1.29 is 14.0 Å². The molecule has 0 aliphatic heterocycles. The molecule has 0 atom stereocenters. The van der Waals surface area contributed by atoms with Crippen LogP contribution < -0.4 is 10.6 Å². The monoisotopic (exact) mass is 400 g/mol. The van der Waals surface area contributed by atoms with Crippen LogP contribution >= 0.6 is 0 Å². The van der Waals surface area contributed by atoms with Crippen molar-refractivity contribution in [3.05, 3.63) is 108 Å². The van der Waals surface area contributed by atoms with E-state index in [1.807, 2.05) is 22.9 Å². The Kier molecular flexibility index (Phi) is 5.70. The Bertz CT molecular complexity index is 1120. The Balaban J connectivity index is 1.42. The summed E-state index contributed by atoms with van der Waals surface area (Å²) in [5, 5.41) is 5.62. The molecule has 150 valence electrons. The molecule has 0 bridgehead atoms. The second-order valence-electron chi connectivity index (χ2n) is 6.69. The van der Waals surface area contributed by atoms with Crippen LogP contribution in [0.4, 0.5) is 5.69 Å². The van der Waals surface area contributed by atoms with Crippen LogP contribution in [0.15, 0.2) is 90.1 Å². The molecule has 0 saturated carbocycles. The van der Waals surface area contributed by atoms with E-state index >= 15 is 0 Å². The lowest BCUT2D eigenvalue weighted by Gasteiger charge is -2.11. The highest BCUT2D eigenvalue weighted by Gasteiger charge is 2.14. The van der Waals surface area contributed by atoms with E-state index in [2.05, 4.69) is 15.6 Å². The molecular weight excluding hydrogens is 380 g/mol. The second kappa shape index (κ2) is 8.91. The van der Waals surface area contributed by atoms with E-state index in [1.54, 1.807) is 67.3 Å². The number of carbonyl (C=O) groups is 2. The van der Waals surface area contributed by atoms with Crippen molar-refractivity contribution in [2.75, 3.05) is 5.32 Å². The number of nitrogens with zero attached hydrogens (tertiary/aromatic N) is 2. The van der Waals surface area contributed by atoms with Gasteiger partial charge in [-0.3, -0.25) is 9.59 Å². The Morgan fingerprint density at radius 3 is 2.53 bits per heavy atom. The van der Waals surface area contributed by atoms with Crippen molar-refractivity contribution in [3.8, 4) is 0 Å². The predicted molar refractivity (Wildman–Crippen MR) is 112 cm³/mol. The summed E-state index contributed by atoms with van der Waals surface area (Å²) in [7, 11) is 0. The molecule has 7 nitrogen and oxygen atoms in total. The molecule has 7 heteroatoms. The van der Waals surface area contributed by atoms with Gasteiger partial charge in [-0.25, -0.2) is 4.98 Å². The molecule has 0 radical (unpaired) electrons. The van der Waals surface area contributed by atoms with Gasteiger partial charge in [-0.1, -0.05) is 24.3 Å². The molecule has 0 fully saturated rings. The average Bonchev–Trinajstić information content (AvgIpc) is 3.47. The van der Waals surface area contributed by atoms with E-state index in [1.165, 1.54) is 0 Å². The largest absolute Gasteiger partial charge is 0.467 e. The van der Waals surface area contributed by atoms with Gasteiger partial charge in [0.05, 0.1) is 30.4 Å². The summed E-state index contributed by atoms with van der Waals surface area (Å²) in [6.45, 7) is 0.951. The van der Waals surface area contributed by atoms with Crippen LogP contribution in [-0.2, 0) is 13.1 Å². The van der Waals surface area contributed by atoms with Gasteiger partial charge < -0.3 is 19.6 Å². The molecule has 0 aliphatic carbocycles. The number of anilines is 1. The van der Waals surface area contributed by atoms with Crippen molar-refractivity contribution in [1.82, 2.24) is 14.9 Å². The first kappa shape index (κ1) is 19.2. The maximum Gasteiger partial charge on any atom is 0.255 e. The first-order valence-corrected chi connectivity index (χ1v) is 9.45. The summed E-state index contributed by atoms with van der Waals surface area (Å²) in [5.41, 5.74) is 2.40. The maximum absolute atomic E-state index is 12.7. The van der Waals surface area contributed by atoms with Crippen LogP contribution in [0.1, 0.15) is 32.0 Å². The van der Waals surface area contributed by atoms with Gasteiger partial charge in [-0.15, -0.1) is 0 Å². The van der Waals surface area contributed by atoms with Gasteiger partial charge in [0.25, 0.3) is 11.8 Å². The molecule has 0 saturated heterocycles. The van der Waals surface area contributed by atoms with Crippen molar-refractivity contribution >= 4 is 17.5 Å². The lowest BCUT2D eigenvalue weighted by molar-refractivity contribution is 0.0949. The third kappa shape index (κ3) is 4.64. The minimum Gasteiger partial charge on any atom is -0.467 e. The van der Waals surface area contributed by atoms with E-state index in [0.29, 0.717) is 29.1 Å². The van der Waals surface area contributed by atoms with Crippen LogP contribution in [-0.4, -0.2) is 21.4 Å². The Morgan fingerprint density at radius 2 is 1.80 bits per heavy atom. The molecule has 0 aliphatic rings. The average molecular weight is 400 g/mol. The number of nitrogens with one attached hydrogen (secondary N) is 2. The Morgan fingerprint density at radius 1 is 0.967 bits per heavy atom.